The van der Waals surface area contributed by atoms with Gasteiger partial charge in [0.1, 0.15) is 5.69 Å². The number of H-pyrrole nitrogens is 1. The van der Waals surface area contributed by atoms with Crippen LogP contribution in [0.15, 0.2) is 48.5 Å². The Bertz CT molecular complexity index is 823. The second-order valence-corrected chi connectivity index (χ2v) is 5.85. The molecule has 0 spiro atoms. The molecule has 0 fully saturated rings. The van der Waals surface area contributed by atoms with Crippen molar-refractivity contribution in [1.29, 1.82) is 0 Å². The van der Waals surface area contributed by atoms with Crippen LogP contribution in [0.3, 0.4) is 0 Å². The number of aryl methyl sites for hydroxylation is 1. The number of carbonyl (C=O) groups excluding carboxylic acids is 1. The molecule has 2 aromatic carbocycles. The number of fused-ring (bicyclic) bond motifs is 1. The highest BCUT2D eigenvalue weighted by Crippen LogP contribution is 2.17. The number of nitrogens with one attached hydrogen (secondary N) is 2. The summed E-state index contributed by atoms with van der Waals surface area (Å²) in [5, 5.41) is 4.69. The summed E-state index contributed by atoms with van der Waals surface area (Å²) in [7, 11) is 0. The van der Waals surface area contributed by atoms with Gasteiger partial charge in [-0.05, 0) is 48.7 Å². The van der Waals surface area contributed by atoms with E-state index in [1.807, 2.05) is 55.5 Å². The normalized spacial score (nSPS) is 10.8. The number of aromatic nitrogens is 1. The van der Waals surface area contributed by atoms with Crippen molar-refractivity contribution in [2.75, 3.05) is 6.54 Å². The number of hydrogen-bond donors (Lipinski definition) is 2. The van der Waals surface area contributed by atoms with Crippen molar-refractivity contribution in [3.8, 4) is 0 Å². The van der Waals surface area contributed by atoms with E-state index < -0.39 is 0 Å². The van der Waals surface area contributed by atoms with Gasteiger partial charge in [0, 0.05) is 22.5 Å². The summed E-state index contributed by atoms with van der Waals surface area (Å²) in [6.07, 6.45) is 0.756. The van der Waals surface area contributed by atoms with E-state index in [9.17, 15) is 4.79 Å². The average molecular weight is 313 g/mol. The van der Waals surface area contributed by atoms with Crippen LogP contribution < -0.4 is 5.32 Å². The maximum Gasteiger partial charge on any atom is 0.267 e. The maximum absolute atomic E-state index is 12.2. The molecule has 0 bridgehead atoms. The van der Waals surface area contributed by atoms with Crippen LogP contribution in [0.2, 0.25) is 5.02 Å². The molecule has 0 aliphatic heterocycles. The van der Waals surface area contributed by atoms with Crippen molar-refractivity contribution in [3.63, 3.8) is 0 Å². The molecule has 0 unspecified atom stereocenters. The van der Waals surface area contributed by atoms with E-state index >= 15 is 0 Å². The summed E-state index contributed by atoms with van der Waals surface area (Å²) in [4.78, 5) is 15.3. The van der Waals surface area contributed by atoms with Gasteiger partial charge in [-0.1, -0.05) is 35.9 Å². The summed E-state index contributed by atoms with van der Waals surface area (Å²) >= 11 is 5.95. The Balaban J connectivity index is 1.63. The van der Waals surface area contributed by atoms with E-state index in [2.05, 4.69) is 10.3 Å². The third kappa shape index (κ3) is 3.31. The summed E-state index contributed by atoms with van der Waals surface area (Å²) in [6, 6.07) is 15.7. The van der Waals surface area contributed by atoms with E-state index in [-0.39, 0.29) is 5.91 Å². The quantitative estimate of drug-likeness (QED) is 0.748. The van der Waals surface area contributed by atoms with Gasteiger partial charge in [0.05, 0.1) is 0 Å². The lowest BCUT2D eigenvalue weighted by molar-refractivity contribution is 0.0950. The Morgan fingerprint density at radius 1 is 1.18 bits per heavy atom. The minimum atomic E-state index is -0.0871. The minimum Gasteiger partial charge on any atom is -0.351 e. The molecular formula is C18H17ClN2O. The van der Waals surface area contributed by atoms with Crippen molar-refractivity contribution in [2.24, 2.45) is 0 Å². The standard InChI is InChI=1S/C18H17ClN2O/c1-12-5-6-14-11-17(21-16(14)9-12)18(22)20-8-7-13-3-2-4-15(19)10-13/h2-6,9-11,21H,7-8H2,1H3,(H,20,22). The zero-order valence-electron chi connectivity index (χ0n) is 12.3. The number of rotatable bonds is 4. The van der Waals surface area contributed by atoms with E-state index in [4.69, 9.17) is 11.6 Å². The zero-order chi connectivity index (χ0) is 15.5. The van der Waals surface area contributed by atoms with Crippen molar-refractivity contribution in [2.45, 2.75) is 13.3 Å². The molecular weight excluding hydrogens is 296 g/mol. The molecule has 1 aromatic heterocycles. The van der Waals surface area contributed by atoms with Gasteiger partial charge in [-0.25, -0.2) is 0 Å². The zero-order valence-corrected chi connectivity index (χ0v) is 13.1. The molecule has 1 heterocycles. The van der Waals surface area contributed by atoms with Crippen LogP contribution in [0.1, 0.15) is 21.6 Å². The van der Waals surface area contributed by atoms with Gasteiger partial charge in [0.2, 0.25) is 0 Å². The van der Waals surface area contributed by atoms with Gasteiger partial charge in [-0.2, -0.15) is 0 Å². The number of hydrogen-bond acceptors (Lipinski definition) is 1. The lowest BCUT2D eigenvalue weighted by atomic mass is 10.1. The Kier molecular flexibility index (Phi) is 4.16. The third-order valence-electron chi connectivity index (χ3n) is 3.61. The average Bonchev–Trinajstić information content (AvgIpc) is 2.90. The first-order valence-electron chi connectivity index (χ1n) is 7.24. The van der Waals surface area contributed by atoms with Crippen molar-refractivity contribution in [3.05, 3.63) is 70.4 Å². The molecule has 3 nitrogen and oxygen atoms in total. The molecule has 4 heteroatoms. The summed E-state index contributed by atoms with van der Waals surface area (Å²) in [5.74, 6) is -0.0871. The molecule has 22 heavy (non-hydrogen) atoms. The topological polar surface area (TPSA) is 44.9 Å². The Labute approximate surface area is 134 Å². The number of carbonyl (C=O) groups is 1. The van der Waals surface area contributed by atoms with Crippen LogP contribution in [0.25, 0.3) is 10.9 Å². The maximum atomic E-state index is 12.2. The highest BCUT2D eigenvalue weighted by molar-refractivity contribution is 6.30. The fourth-order valence-electron chi connectivity index (χ4n) is 2.47. The number of benzene rings is 2. The molecule has 2 N–H and O–H groups in total. The lowest BCUT2D eigenvalue weighted by Crippen LogP contribution is -2.25. The van der Waals surface area contributed by atoms with Gasteiger partial charge in [-0.15, -0.1) is 0 Å². The largest absolute Gasteiger partial charge is 0.351 e. The Morgan fingerprint density at radius 3 is 2.86 bits per heavy atom. The van der Waals surface area contributed by atoms with E-state index in [1.165, 1.54) is 5.56 Å². The Hall–Kier alpha value is -2.26. The van der Waals surface area contributed by atoms with Crippen LogP contribution in [-0.2, 0) is 6.42 Å². The van der Waals surface area contributed by atoms with Crippen LogP contribution >= 0.6 is 11.6 Å². The van der Waals surface area contributed by atoms with E-state index in [0.717, 1.165) is 27.9 Å². The second-order valence-electron chi connectivity index (χ2n) is 5.41. The van der Waals surface area contributed by atoms with Gasteiger partial charge in [0.25, 0.3) is 5.91 Å². The van der Waals surface area contributed by atoms with Crippen LogP contribution in [0.5, 0.6) is 0 Å². The van der Waals surface area contributed by atoms with Crippen LogP contribution in [-0.4, -0.2) is 17.4 Å². The first-order valence-corrected chi connectivity index (χ1v) is 7.61. The van der Waals surface area contributed by atoms with E-state index in [0.29, 0.717) is 12.2 Å². The molecule has 0 aliphatic rings. The lowest BCUT2D eigenvalue weighted by Gasteiger charge is -2.04. The van der Waals surface area contributed by atoms with Gasteiger partial charge in [0.15, 0.2) is 0 Å². The van der Waals surface area contributed by atoms with Crippen molar-refractivity contribution in [1.82, 2.24) is 10.3 Å². The molecule has 112 valence electrons. The summed E-state index contributed by atoms with van der Waals surface area (Å²) in [5.41, 5.74) is 3.86. The minimum absolute atomic E-state index is 0.0871. The molecule has 0 radical (unpaired) electrons. The Morgan fingerprint density at radius 2 is 2.05 bits per heavy atom. The predicted octanol–water partition coefficient (Wildman–Crippen LogP) is 4.10. The fraction of sp³-hybridized carbons (Fsp3) is 0.167. The van der Waals surface area contributed by atoms with E-state index in [1.54, 1.807) is 0 Å². The molecule has 0 atom stereocenters. The first-order chi connectivity index (χ1) is 10.6. The number of aromatic amines is 1. The third-order valence-corrected chi connectivity index (χ3v) is 3.85. The smallest absolute Gasteiger partial charge is 0.267 e. The predicted molar refractivity (Wildman–Crippen MR) is 90.5 cm³/mol. The fourth-order valence-corrected chi connectivity index (χ4v) is 2.68. The monoisotopic (exact) mass is 312 g/mol. The van der Waals surface area contributed by atoms with Gasteiger partial charge < -0.3 is 10.3 Å². The van der Waals surface area contributed by atoms with Crippen molar-refractivity contribution >= 4 is 28.4 Å². The molecule has 1 amide bonds. The van der Waals surface area contributed by atoms with Gasteiger partial charge in [-0.3, -0.25) is 4.79 Å². The summed E-state index contributed by atoms with van der Waals surface area (Å²) in [6.45, 7) is 2.61. The van der Waals surface area contributed by atoms with Crippen molar-refractivity contribution < 1.29 is 4.79 Å². The molecule has 0 aliphatic carbocycles. The first kappa shape index (κ1) is 14.7. The molecule has 0 saturated carbocycles. The number of halogens is 1. The highest BCUT2D eigenvalue weighted by atomic mass is 35.5. The number of amides is 1. The second kappa shape index (κ2) is 6.24. The van der Waals surface area contributed by atoms with Crippen LogP contribution in [0.4, 0.5) is 0 Å². The van der Waals surface area contributed by atoms with Crippen LogP contribution in [0, 0.1) is 6.92 Å². The summed E-state index contributed by atoms with van der Waals surface area (Å²) < 4.78 is 0. The molecule has 3 rings (SSSR count). The molecule has 0 saturated heterocycles. The van der Waals surface area contributed by atoms with Gasteiger partial charge >= 0.3 is 0 Å². The SMILES string of the molecule is Cc1ccc2cc(C(=O)NCCc3cccc(Cl)c3)[nH]c2c1. The highest BCUT2D eigenvalue weighted by Gasteiger charge is 2.09. The molecule has 3 aromatic rings.